The van der Waals surface area contributed by atoms with Crippen LogP contribution in [-0.2, 0) is 16.1 Å². The topological polar surface area (TPSA) is 102 Å². The summed E-state index contributed by atoms with van der Waals surface area (Å²) in [5.41, 5.74) is 0.511. The number of nitrogens with one attached hydrogen (secondary N) is 2. The van der Waals surface area contributed by atoms with Crippen LogP contribution in [0.4, 0.5) is 0 Å². The van der Waals surface area contributed by atoms with Crippen LogP contribution in [0.5, 0.6) is 0 Å². The number of H-pyrrole nitrogens is 1. The van der Waals surface area contributed by atoms with Gasteiger partial charge in [-0.15, -0.1) is 5.10 Å². The Morgan fingerprint density at radius 1 is 1.46 bits per heavy atom. The highest BCUT2D eigenvalue weighted by Crippen LogP contribution is 2.24. The van der Waals surface area contributed by atoms with Gasteiger partial charge in [0, 0.05) is 12.0 Å². The molecule has 1 aromatic carbocycles. The van der Waals surface area contributed by atoms with Gasteiger partial charge in [0.1, 0.15) is 11.3 Å². The molecule has 0 spiro atoms. The first-order chi connectivity index (χ1) is 13.6. The van der Waals surface area contributed by atoms with E-state index in [1.807, 2.05) is 37.3 Å². The fourth-order valence-electron chi connectivity index (χ4n) is 3.27. The molecule has 2 atom stereocenters. The number of aromatic nitrogens is 3. The number of hydrogen-bond donors (Lipinski definition) is 2. The van der Waals surface area contributed by atoms with E-state index < -0.39 is 0 Å². The van der Waals surface area contributed by atoms with E-state index >= 15 is 0 Å². The number of nitrogens with zero attached hydrogens (tertiary/aromatic N) is 2. The number of ether oxygens (including phenoxy) is 1. The summed E-state index contributed by atoms with van der Waals surface area (Å²) in [5.74, 6) is 0.701. The molecule has 1 aliphatic rings. The molecule has 0 aliphatic carbocycles. The molecule has 0 unspecified atom stereocenters. The quantitative estimate of drug-likeness (QED) is 0.589. The average molecular weight is 402 g/mol. The summed E-state index contributed by atoms with van der Waals surface area (Å²) in [6.07, 6.45) is 1.95. The number of amides is 1. The summed E-state index contributed by atoms with van der Waals surface area (Å²) < 4.78 is 12.9. The number of benzene rings is 1. The lowest BCUT2D eigenvalue weighted by Crippen LogP contribution is -2.28. The zero-order valence-corrected chi connectivity index (χ0v) is 16.3. The average Bonchev–Trinajstić information content (AvgIpc) is 3.42. The molecular formula is C19H22N4O4S. The lowest BCUT2D eigenvalue weighted by atomic mass is 10.2. The maximum Gasteiger partial charge on any atom is 0.344 e. The number of thioether (sulfide) groups is 1. The van der Waals surface area contributed by atoms with Gasteiger partial charge in [-0.05, 0) is 31.9 Å². The second kappa shape index (κ2) is 8.24. The third-order valence-corrected chi connectivity index (χ3v) is 5.69. The first kappa shape index (κ1) is 18.8. The summed E-state index contributed by atoms with van der Waals surface area (Å²) in [6.45, 7) is 3.05. The zero-order valence-electron chi connectivity index (χ0n) is 15.5. The third kappa shape index (κ3) is 4.15. The van der Waals surface area contributed by atoms with Gasteiger partial charge in [-0.25, -0.2) is 9.89 Å². The highest BCUT2D eigenvalue weighted by molar-refractivity contribution is 7.99. The normalized spacial score (nSPS) is 17.8. The Kier molecular flexibility index (Phi) is 5.54. The van der Waals surface area contributed by atoms with Crippen LogP contribution in [0, 0.1) is 0 Å². The lowest BCUT2D eigenvalue weighted by Gasteiger charge is -2.12. The summed E-state index contributed by atoms with van der Waals surface area (Å²) >= 11 is 1.22. The number of furan rings is 1. The van der Waals surface area contributed by atoms with E-state index in [2.05, 4.69) is 15.5 Å². The number of fused-ring (bicyclic) bond motifs is 1. The van der Waals surface area contributed by atoms with Crippen molar-refractivity contribution in [2.45, 2.75) is 43.6 Å². The van der Waals surface area contributed by atoms with Crippen LogP contribution in [-0.4, -0.2) is 39.1 Å². The molecule has 0 bridgehead atoms. The van der Waals surface area contributed by atoms with Crippen LogP contribution < -0.4 is 11.0 Å². The number of para-hydroxylation sites is 1. The van der Waals surface area contributed by atoms with Gasteiger partial charge in [-0.2, -0.15) is 0 Å². The van der Waals surface area contributed by atoms with Crippen molar-refractivity contribution < 1.29 is 13.9 Å². The Morgan fingerprint density at radius 3 is 3.11 bits per heavy atom. The molecule has 9 heteroatoms. The van der Waals surface area contributed by atoms with Crippen LogP contribution in [0.1, 0.15) is 31.6 Å². The van der Waals surface area contributed by atoms with Crippen molar-refractivity contribution in [2.24, 2.45) is 0 Å². The summed E-state index contributed by atoms with van der Waals surface area (Å²) in [5, 5.41) is 10.9. The molecule has 28 heavy (non-hydrogen) atoms. The van der Waals surface area contributed by atoms with E-state index in [1.165, 1.54) is 16.3 Å². The molecule has 3 aromatic rings. The van der Waals surface area contributed by atoms with Gasteiger partial charge < -0.3 is 14.5 Å². The molecule has 2 aromatic heterocycles. The lowest BCUT2D eigenvalue weighted by molar-refractivity contribution is -0.119. The van der Waals surface area contributed by atoms with Gasteiger partial charge in [-0.3, -0.25) is 9.36 Å². The van der Waals surface area contributed by atoms with Gasteiger partial charge in [0.2, 0.25) is 5.91 Å². The molecule has 2 N–H and O–H groups in total. The Labute approximate surface area is 165 Å². The van der Waals surface area contributed by atoms with Crippen molar-refractivity contribution >= 4 is 28.6 Å². The maximum absolute atomic E-state index is 12.4. The van der Waals surface area contributed by atoms with Crippen molar-refractivity contribution in [1.82, 2.24) is 20.1 Å². The first-order valence-electron chi connectivity index (χ1n) is 9.27. The van der Waals surface area contributed by atoms with Gasteiger partial charge in [-0.1, -0.05) is 30.0 Å². The monoisotopic (exact) mass is 402 g/mol. The van der Waals surface area contributed by atoms with E-state index in [0.29, 0.717) is 17.5 Å². The fourth-order valence-corrected chi connectivity index (χ4v) is 4.03. The van der Waals surface area contributed by atoms with Gasteiger partial charge in [0.15, 0.2) is 5.16 Å². The Morgan fingerprint density at radius 2 is 2.32 bits per heavy atom. The third-order valence-electron chi connectivity index (χ3n) is 4.71. The van der Waals surface area contributed by atoms with E-state index in [-0.39, 0.29) is 29.5 Å². The minimum Gasteiger partial charge on any atom is -0.459 e. The molecule has 8 nitrogen and oxygen atoms in total. The van der Waals surface area contributed by atoms with E-state index in [1.54, 1.807) is 0 Å². The predicted octanol–water partition coefficient (Wildman–Crippen LogP) is 2.47. The largest absolute Gasteiger partial charge is 0.459 e. The van der Waals surface area contributed by atoms with Crippen molar-refractivity contribution in [1.29, 1.82) is 0 Å². The zero-order chi connectivity index (χ0) is 19.5. The minimum atomic E-state index is -0.283. The molecule has 0 saturated carbocycles. The Balaban J connectivity index is 1.34. The SMILES string of the molecule is C[C@@H](NC(=O)CSc1n[nH]c(=O)n1C[C@@H]1CCCO1)c1cc2ccccc2o1. The summed E-state index contributed by atoms with van der Waals surface area (Å²) in [6, 6.07) is 9.40. The second-order valence-electron chi connectivity index (χ2n) is 6.82. The van der Waals surface area contributed by atoms with Crippen LogP contribution in [0.3, 0.4) is 0 Å². The first-order valence-corrected chi connectivity index (χ1v) is 10.3. The maximum atomic E-state index is 12.4. The minimum absolute atomic E-state index is 0.0246. The summed E-state index contributed by atoms with van der Waals surface area (Å²) in [7, 11) is 0. The molecule has 1 aliphatic heterocycles. The number of rotatable bonds is 7. The number of carbonyl (C=O) groups is 1. The van der Waals surface area contributed by atoms with Crippen molar-refractivity contribution in [3.05, 3.63) is 46.6 Å². The molecule has 4 rings (SSSR count). The smallest absolute Gasteiger partial charge is 0.344 e. The van der Waals surface area contributed by atoms with Gasteiger partial charge in [0.05, 0.1) is 24.4 Å². The molecule has 1 fully saturated rings. The van der Waals surface area contributed by atoms with Gasteiger partial charge in [0.25, 0.3) is 0 Å². The van der Waals surface area contributed by atoms with Crippen LogP contribution in [0.25, 0.3) is 11.0 Å². The van der Waals surface area contributed by atoms with E-state index in [0.717, 1.165) is 30.4 Å². The fraction of sp³-hybridized carbons (Fsp3) is 0.421. The van der Waals surface area contributed by atoms with E-state index in [4.69, 9.17) is 9.15 Å². The predicted molar refractivity (Wildman–Crippen MR) is 105 cm³/mol. The number of aromatic amines is 1. The summed E-state index contributed by atoms with van der Waals surface area (Å²) in [4.78, 5) is 24.3. The van der Waals surface area contributed by atoms with Crippen molar-refractivity contribution in [2.75, 3.05) is 12.4 Å². The Bertz CT molecular complexity index is 985. The van der Waals surface area contributed by atoms with Crippen molar-refractivity contribution in [3.63, 3.8) is 0 Å². The Hall–Kier alpha value is -2.52. The van der Waals surface area contributed by atoms with Crippen LogP contribution in [0.15, 0.2) is 44.7 Å². The van der Waals surface area contributed by atoms with Crippen LogP contribution >= 0.6 is 11.8 Å². The second-order valence-corrected chi connectivity index (χ2v) is 7.76. The van der Waals surface area contributed by atoms with Crippen molar-refractivity contribution in [3.8, 4) is 0 Å². The number of carbonyl (C=O) groups excluding carboxylic acids is 1. The highest BCUT2D eigenvalue weighted by atomic mass is 32.2. The van der Waals surface area contributed by atoms with Crippen LogP contribution in [0.2, 0.25) is 0 Å². The number of hydrogen-bond acceptors (Lipinski definition) is 6. The van der Waals surface area contributed by atoms with E-state index in [9.17, 15) is 9.59 Å². The molecule has 0 radical (unpaired) electrons. The molecule has 148 valence electrons. The standard InChI is InChI=1S/C19H22N4O4S/c1-12(16-9-13-5-2-3-7-15(13)27-16)20-17(24)11-28-19-22-21-18(25)23(19)10-14-6-4-8-26-14/h2-3,5,7,9,12,14H,4,6,8,10-11H2,1H3,(H,20,24)(H,21,25)/t12-,14+/m1/s1. The molecule has 1 amide bonds. The molecule has 3 heterocycles. The molecular weight excluding hydrogens is 380 g/mol. The molecule has 1 saturated heterocycles. The van der Waals surface area contributed by atoms with Gasteiger partial charge >= 0.3 is 5.69 Å². The highest BCUT2D eigenvalue weighted by Gasteiger charge is 2.21.